The van der Waals surface area contributed by atoms with E-state index in [9.17, 15) is 0 Å². The van der Waals surface area contributed by atoms with Crippen LogP contribution in [0.25, 0.3) is 0 Å². The molecule has 2 rings (SSSR count). The molecule has 1 aromatic carbocycles. The summed E-state index contributed by atoms with van der Waals surface area (Å²) in [5.74, 6) is 0.935. The summed E-state index contributed by atoms with van der Waals surface area (Å²) in [6.45, 7) is 2.23. The van der Waals surface area contributed by atoms with Crippen molar-refractivity contribution in [2.24, 2.45) is 0 Å². The van der Waals surface area contributed by atoms with Crippen molar-refractivity contribution in [1.29, 1.82) is 0 Å². The van der Waals surface area contributed by atoms with E-state index in [0.29, 0.717) is 0 Å². The van der Waals surface area contributed by atoms with Crippen LogP contribution < -0.4 is 10.1 Å². The van der Waals surface area contributed by atoms with Crippen LogP contribution >= 0.6 is 11.3 Å². The molecule has 1 aromatic heterocycles. The Hall–Kier alpha value is -1.32. The summed E-state index contributed by atoms with van der Waals surface area (Å²) in [5, 5.41) is 5.44. The Morgan fingerprint density at radius 1 is 1.25 bits per heavy atom. The van der Waals surface area contributed by atoms with E-state index in [0.717, 1.165) is 5.75 Å². The van der Waals surface area contributed by atoms with Gasteiger partial charge in [-0.3, -0.25) is 0 Å². The maximum absolute atomic E-state index is 5.27. The smallest absolute Gasteiger partial charge is 0.129 e. The Morgan fingerprint density at radius 2 is 2.00 bits per heavy atom. The first kappa shape index (κ1) is 15.1. The average Bonchev–Trinajstić information content (AvgIpc) is 2.96. The van der Waals surface area contributed by atoms with Crippen LogP contribution in [0.4, 0.5) is 0 Å². The van der Waals surface area contributed by atoms with Crippen molar-refractivity contribution in [2.45, 2.75) is 32.2 Å². The van der Waals surface area contributed by atoms with Crippen LogP contribution in [0.1, 0.15) is 41.8 Å². The molecule has 0 aliphatic carbocycles. The van der Waals surface area contributed by atoms with Gasteiger partial charge in [0.25, 0.3) is 0 Å². The summed E-state index contributed by atoms with van der Waals surface area (Å²) in [6, 6.07) is 11.3. The average molecular weight is 289 g/mol. The summed E-state index contributed by atoms with van der Waals surface area (Å²) in [4.78, 5) is 1.28. The normalized spacial score (nSPS) is 12.3. The molecule has 0 bridgehead atoms. The minimum Gasteiger partial charge on any atom is -0.496 e. The highest BCUT2D eigenvalue weighted by molar-refractivity contribution is 7.10. The van der Waals surface area contributed by atoms with Gasteiger partial charge in [0.15, 0.2) is 0 Å². The SMILES string of the molecule is CCCCc1ccc(C(NC)c2cc(OC)cs2)cc1. The molecule has 1 unspecified atom stereocenters. The van der Waals surface area contributed by atoms with Gasteiger partial charge >= 0.3 is 0 Å². The van der Waals surface area contributed by atoms with Crippen LogP contribution in [0.3, 0.4) is 0 Å². The predicted octanol–water partition coefficient (Wildman–Crippen LogP) is 4.41. The van der Waals surface area contributed by atoms with Crippen molar-refractivity contribution >= 4 is 11.3 Å². The number of hydrogen-bond donors (Lipinski definition) is 1. The van der Waals surface area contributed by atoms with Crippen molar-refractivity contribution in [3.8, 4) is 5.75 Å². The number of methoxy groups -OCH3 is 1. The highest BCUT2D eigenvalue weighted by atomic mass is 32.1. The molecule has 2 aromatic rings. The van der Waals surface area contributed by atoms with E-state index in [1.165, 1.54) is 35.3 Å². The van der Waals surface area contributed by atoms with Crippen molar-refractivity contribution in [1.82, 2.24) is 5.32 Å². The molecular weight excluding hydrogens is 266 g/mol. The van der Waals surface area contributed by atoms with E-state index in [1.807, 2.05) is 7.05 Å². The summed E-state index contributed by atoms with van der Waals surface area (Å²) < 4.78 is 5.27. The number of aryl methyl sites for hydroxylation is 1. The largest absolute Gasteiger partial charge is 0.496 e. The van der Waals surface area contributed by atoms with Gasteiger partial charge in [-0.25, -0.2) is 0 Å². The van der Waals surface area contributed by atoms with Gasteiger partial charge in [-0.1, -0.05) is 37.6 Å². The second-order valence-electron chi connectivity index (χ2n) is 4.96. The zero-order valence-corrected chi connectivity index (χ0v) is 13.3. The van der Waals surface area contributed by atoms with Gasteiger partial charge in [0.2, 0.25) is 0 Å². The number of thiophene rings is 1. The molecule has 0 aliphatic rings. The van der Waals surface area contributed by atoms with Crippen molar-refractivity contribution in [3.63, 3.8) is 0 Å². The summed E-state index contributed by atoms with van der Waals surface area (Å²) >= 11 is 1.73. The third kappa shape index (κ3) is 3.62. The molecule has 3 heteroatoms. The quantitative estimate of drug-likeness (QED) is 0.815. The number of benzene rings is 1. The predicted molar refractivity (Wildman–Crippen MR) is 86.8 cm³/mol. The van der Waals surface area contributed by atoms with Crippen LogP contribution in [-0.2, 0) is 6.42 Å². The van der Waals surface area contributed by atoms with Gasteiger partial charge in [0.05, 0.1) is 13.2 Å². The lowest BCUT2D eigenvalue weighted by Gasteiger charge is -2.15. The van der Waals surface area contributed by atoms with Crippen LogP contribution in [-0.4, -0.2) is 14.2 Å². The Morgan fingerprint density at radius 3 is 2.55 bits per heavy atom. The molecule has 20 heavy (non-hydrogen) atoms. The minimum atomic E-state index is 0.240. The summed E-state index contributed by atoms with van der Waals surface area (Å²) in [6.07, 6.45) is 3.68. The molecule has 2 nitrogen and oxygen atoms in total. The lowest BCUT2D eigenvalue weighted by atomic mass is 10.0. The maximum atomic E-state index is 5.27. The first-order chi connectivity index (χ1) is 9.78. The minimum absolute atomic E-state index is 0.240. The second kappa shape index (κ2) is 7.46. The third-order valence-corrected chi connectivity index (χ3v) is 4.51. The number of rotatable bonds is 7. The van der Waals surface area contributed by atoms with Gasteiger partial charge < -0.3 is 10.1 Å². The molecule has 0 saturated carbocycles. The molecule has 0 radical (unpaired) electrons. The Balaban J connectivity index is 2.14. The van der Waals surface area contributed by atoms with Gasteiger partial charge in [-0.05, 0) is 37.1 Å². The van der Waals surface area contributed by atoms with Gasteiger partial charge in [-0.15, -0.1) is 11.3 Å². The fraction of sp³-hybridized carbons (Fsp3) is 0.412. The highest BCUT2D eigenvalue weighted by Crippen LogP contribution is 2.31. The molecule has 0 spiro atoms. The zero-order valence-electron chi connectivity index (χ0n) is 12.5. The molecule has 0 fully saturated rings. The zero-order chi connectivity index (χ0) is 14.4. The first-order valence-electron chi connectivity index (χ1n) is 7.17. The number of hydrogen-bond acceptors (Lipinski definition) is 3. The standard InChI is InChI=1S/C17H23NOS/c1-4-5-6-13-7-9-14(10-8-13)17(18-2)16-11-15(19-3)12-20-16/h7-12,17-18H,4-6H2,1-3H3. The first-order valence-corrected chi connectivity index (χ1v) is 8.05. The fourth-order valence-electron chi connectivity index (χ4n) is 2.32. The summed E-state index contributed by atoms with van der Waals surface area (Å²) in [7, 11) is 3.71. The number of nitrogens with one attached hydrogen (secondary N) is 1. The van der Waals surface area contributed by atoms with Crippen molar-refractivity contribution in [3.05, 3.63) is 51.7 Å². The van der Waals surface area contributed by atoms with Crippen LogP contribution in [0.2, 0.25) is 0 Å². The van der Waals surface area contributed by atoms with Crippen molar-refractivity contribution < 1.29 is 4.74 Å². The molecule has 1 atom stereocenters. The van der Waals surface area contributed by atoms with E-state index >= 15 is 0 Å². The van der Waals surface area contributed by atoms with Crippen LogP contribution in [0, 0.1) is 0 Å². The lowest BCUT2D eigenvalue weighted by Crippen LogP contribution is -2.16. The third-order valence-electron chi connectivity index (χ3n) is 3.54. The molecular formula is C17H23NOS. The van der Waals surface area contributed by atoms with Gasteiger partial charge in [-0.2, -0.15) is 0 Å². The van der Waals surface area contributed by atoms with Gasteiger partial charge in [0.1, 0.15) is 5.75 Å². The Kier molecular flexibility index (Phi) is 5.62. The van der Waals surface area contributed by atoms with Gasteiger partial charge in [0, 0.05) is 10.3 Å². The number of ether oxygens (including phenoxy) is 1. The fourth-order valence-corrected chi connectivity index (χ4v) is 3.31. The molecule has 0 saturated heterocycles. The van der Waals surface area contributed by atoms with E-state index < -0.39 is 0 Å². The van der Waals surface area contributed by atoms with Crippen LogP contribution in [0.15, 0.2) is 35.7 Å². The maximum Gasteiger partial charge on any atom is 0.129 e. The molecule has 1 heterocycles. The van der Waals surface area contributed by atoms with Crippen molar-refractivity contribution in [2.75, 3.05) is 14.2 Å². The highest BCUT2D eigenvalue weighted by Gasteiger charge is 2.14. The molecule has 0 amide bonds. The number of unbranched alkanes of at least 4 members (excludes halogenated alkanes) is 1. The van der Waals surface area contributed by atoms with E-state index in [2.05, 4.69) is 48.0 Å². The monoisotopic (exact) mass is 289 g/mol. The Labute approximate surface area is 125 Å². The van der Waals surface area contributed by atoms with E-state index in [-0.39, 0.29) is 6.04 Å². The van der Waals surface area contributed by atoms with E-state index in [1.54, 1.807) is 18.4 Å². The van der Waals surface area contributed by atoms with E-state index in [4.69, 9.17) is 4.74 Å². The molecule has 108 valence electrons. The van der Waals surface area contributed by atoms with Crippen LogP contribution in [0.5, 0.6) is 5.75 Å². The summed E-state index contributed by atoms with van der Waals surface area (Å²) in [5.41, 5.74) is 2.73. The molecule has 0 aliphatic heterocycles. The Bertz CT molecular complexity index is 518. The topological polar surface area (TPSA) is 21.3 Å². The lowest BCUT2D eigenvalue weighted by molar-refractivity contribution is 0.416. The second-order valence-corrected chi connectivity index (χ2v) is 5.90. The molecule has 1 N–H and O–H groups in total.